The molecule has 0 aliphatic carbocycles. The largest absolute Gasteiger partial charge is 0.394 e. The van der Waals surface area contributed by atoms with E-state index < -0.39 is 18.0 Å². The van der Waals surface area contributed by atoms with Gasteiger partial charge in [-0.2, -0.15) is 12.6 Å². The summed E-state index contributed by atoms with van der Waals surface area (Å²) in [4.78, 5) is 10.8. The zero-order valence-electron chi connectivity index (χ0n) is 5.82. The molecule has 0 aromatic carbocycles. The highest BCUT2D eigenvalue weighted by molar-refractivity contribution is 7.81. The van der Waals surface area contributed by atoms with Gasteiger partial charge in [-0.15, -0.1) is 0 Å². The highest BCUT2D eigenvalue weighted by atomic mass is 32.1. The molecule has 0 spiro atoms. The molecule has 0 heterocycles. The van der Waals surface area contributed by atoms with Crippen molar-refractivity contribution in [2.45, 2.75) is 24.7 Å². The summed E-state index contributed by atoms with van der Waals surface area (Å²) in [5.41, 5.74) is 0. The van der Waals surface area contributed by atoms with Crippen molar-refractivity contribution < 1.29 is 15.0 Å². The molecular weight excluding hydrogens is 152 g/mol. The van der Waals surface area contributed by atoms with Gasteiger partial charge in [0.05, 0.1) is 18.0 Å². The predicted octanol–water partition coefficient (Wildman–Crippen LogP) is -0.383. The molecule has 60 valence electrons. The molecule has 0 rings (SSSR count). The summed E-state index contributed by atoms with van der Waals surface area (Å²) in [5.74, 6) is -0.148. The number of aliphatic hydroxyl groups excluding tert-OH is 2. The van der Waals surface area contributed by atoms with Crippen LogP contribution >= 0.6 is 12.6 Å². The van der Waals surface area contributed by atoms with E-state index in [1.54, 1.807) is 6.92 Å². The van der Waals surface area contributed by atoms with E-state index >= 15 is 0 Å². The number of thiol groups is 1. The number of hydrogen-bond acceptors (Lipinski definition) is 4. The standard InChI is InChI=1S/C6H12O3S/c1-2-4(8)6(10)5(9)3-7/h5-7,9-10H,2-3H2,1H3. The Hall–Kier alpha value is -0.0600. The van der Waals surface area contributed by atoms with E-state index in [1.807, 2.05) is 0 Å². The third-order valence-corrected chi connectivity index (χ3v) is 1.86. The molecule has 2 unspecified atom stereocenters. The second-order valence-corrected chi connectivity index (χ2v) is 2.57. The van der Waals surface area contributed by atoms with Crippen molar-refractivity contribution in [1.82, 2.24) is 0 Å². The Morgan fingerprint density at radius 1 is 1.70 bits per heavy atom. The summed E-state index contributed by atoms with van der Waals surface area (Å²) < 4.78 is 0. The Labute approximate surface area is 65.5 Å². The van der Waals surface area contributed by atoms with Crippen molar-refractivity contribution >= 4 is 18.4 Å². The number of carbonyl (C=O) groups excluding carboxylic acids is 1. The van der Waals surface area contributed by atoms with Gasteiger partial charge in [-0.3, -0.25) is 4.79 Å². The molecule has 2 atom stereocenters. The summed E-state index contributed by atoms with van der Waals surface area (Å²) in [6.07, 6.45) is -0.693. The minimum absolute atomic E-state index is 0.148. The number of ketones is 1. The Morgan fingerprint density at radius 2 is 2.20 bits per heavy atom. The van der Waals surface area contributed by atoms with Crippen molar-refractivity contribution in [3.05, 3.63) is 0 Å². The van der Waals surface area contributed by atoms with Gasteiger partial charge in [-0.05, 0) is 0 Å². The summed E-state index contributed by atoms with van der Waals surface area (Å²) >= 11 is 3.82. The Morgan fingerprint density at radius 3 is 2.50 bits per heavy atom. The van der Waals surface area contributed by atoms with Gasteiger partial charge in [-0.1, -0.05) is 6.92 Å². The number of Topliss-reactive ketones (excluding diaryl/α,β-unsaturated/α-hetero) is 1. The monoisotopic (exact) mass is 164 g/mol. The second kappa shape index (κ2) is 4.71. The van der Waals surface area contributed by atoms with Crippen molar-refractivity contribution in [2.24, 2.45) is 0 Å². The van der Waals surface area contributed by atoms with Crippen LogP contribution in [0.15, 0.2) is 0 Å². The molecular formula is C6H12O3S. The topological polar surface area (TPSA) is 57.5 Å². The molecule has 0 aromatic rings. The second-order valence-electron chi connectivity index (χ2n) is 2.01. The zero-order valence-corrected chi connectivity index (χ0v) is 6.71. The lowest BCUT2D eigenvalue weighted by Crippen LogP contribution is -2.31. The number of aliphatic hydroxyl groups is 2. The quantitative estimate of drug-likeness (QED) is 0.496. The smallest absolute Gasteiger partial charge is 0.147 e. The Balaban J connectivity index is 3.81. The van der Waals surface area contributed by atoms with Gasteiger partial charge in [0.25, 0.3) is 0 Å². The third-order valence-electron chi connectivity index (χ3n) is 1.23. The molecule has 3 nitrogen and oxygen atoms in total. The summed E-state index contributed by atoms with van der Waals surface area (Å²) in [6, 6.07) is 0. The SMILES string of the molecule is CCC(=O)C(S)C(O)CO. The molecule has 0 bridgehead atoms. The average molecular weight is 164 g/mol. The van der Waals surface area contributed by atoms with Gasteiger partial charge in [-0.25, -0.2) is 0 Å². The van der Waals surface area contributed by atoms with Gasteiger partial charge >= 0.3 is 0 Å². The molecule has 0 saturated heterocycles. The maximum absolute atomic E-state index is 10.8. The third kappa shape index (κ3) is 2.68. The van der Waals surface area contributed by atoms with Gasteiger partial charge in [0.2, 0.25) is 0 Å². The number of rotatable bonds is 4. The van der Waals surface area contributed by atoms with E-state index in [0.29, 0.717) is 6.42 Å². The highest BCUT2D eigenvalue weighted by Crippen LogP contribution is 2.04. The molecule has 10 heavy (non-hydrogen) atoms. The fourth-order valence-electron chi connectivity index (χ4n) is 0.524. The van der Waals surface area contributed by atoms with Gasteiger partial charge < -0.3 is 10.2 Å². The fourth-order valence-corrected chi connectivity index (χ4v) is 0.800. The Kier molecular flexibility index (Phi) is 4.68. The average Bonchev–Trinajstić information content (AvgIpc) is 2.00. The summed E-state index contributed by atoms with van der Waals surface area (Å²) in [7, 11) is 0. The van der Waals surface area contributed by atoms with Gasteiger partial charge in [0.15, 0.2) is 0 Å². The van der Waals surface area contributed by atoms with E-state index in [-0.39, 0.29) is 5.78 Å². The van der Waals surface area contributed by atoms with Crippen molar-refractivity contribution in [1.29, 1.82) is 0 Å². The highest BCUT2D eigenvalue weighted by Gasteiger charge is 2.19. The van der Waals surface area contributed by atoms with E-state index in [4.69, 9.17) is 10.2 Å². The molecule has 0 fully saturated rings. The van der Waals surface area contributed by atoms with E-state index in [1.165, 1.54) is 0 Å². The zero-order chi connectivity index (χ0) is 8.15. The lowest BCUT2D eigenvalue weighted by Gasteiger charge is -2.12. The van der Waals surface area contributed by atoms with Crippen LogP contribution in [0.5, 0.6) is 0 Å². The van der Waals surface area contributed by atoms with Crippen LogP contribution in [0.25, 0.3) is 0 Å². The summed E-state index contributed by atoms with van der Waals surface area (Å²) in [6.45, 7) is 1.27. The van der Waals surface area contributed by atoms with E-state index in [0.717, 1.165) is 0 Å². The molecule has 0 aliphatic rings. The Bertz CT molecular complexity index is 116. The normalized spacial score (nSPS) is 16.4. The number of carbonyl (C=O) groups is 1. The van der Waals surface area contributed by atoms with Crippen LogP contribution < -0.4 is 0 Å². The molecule has 4 heteroatoms. The van der Waals surface area contributed by atoms with Crippen molar-refractivity contribution in [2.75, 3.05) is 6.61 Å². The van der Waals surface area contributed by atoms with Crippen LogP contribution in [0.1, 0.15) is 13.3 Å². The molecule has 0 amide bonds. The van der Waals surface area contributed by atoms with Gasteiger partial charge in [0.1, 0.15) is 5.78 Å². The first-order valence-corrected chi connectivity index (χ1v) is 3.64. The lowest BCUT2D eigenvalue weighted by molar-refractivity contribution is -0.120. The lowest BCUT2D eigenvalue weighted by atomic mass is 10.1. The van der Waals surface area contributed by atoms with Crippen LogP contribution in [0.3, 0.4) is 0 Å². The molecule has 0 radical (unpaired) electrons. The maximum Gasteiger partial charge on any atom is 0.147 e. The molecule has 0 saturated carbocycles. The first kappa shape index (κ1) is 9.94. The van der Waals surface area contributed by atoms with Crippen LogP contribution in [0.2, 0.25) is 0 Å². The first-order valence-electron chi connectivity index (χ1n) is 3.13. The van der Waals surface area contributed by atoms with Crippen LogP contribution in [-0.2, 0) is 4.79 Å². The van der Waals surface area contributed by atoms with Gasteiger partial charge in [0, 0.05) is 6.42 Å². The molecule has 2 N–H and O–H groups in total. The maximum atomic E-state index is 10.8. The van der Waals surface area contributed by atoms with Crippen LogP contribution in [-0.4, -0.2) is 34.0 Å². The van der Waals surface area contributed by atoms with E-state index in [9.17, 15) is 4.79 Å². The van der Waals surface area contributed by atoms with Crippen molar-refractivity contribution in [3.8, 4) is 0 Å². The molecule has 0 aliphatic heterocycles. The minimum Gasteiger partial charge on any atom is -0.394 e. The predicted molar refractivity (Wildman–Crippen MR) is 41.2 cm³/mol. The number of hydrogen-bond donors (Lipinski definition) is 3. The van der Waals surface area contributed by atoms with Crippen molar-refractivity contribution in [3.63, 3.8) is 0 Å². The first-order chi connectivity index (χ1) is 4.63. The van der Waals surface area contributed by atoms with Crippen LogP contribution in [0.4, 0.5) is 0 Å². The summed E-state index contributed by atoms with van der Waals surface area (Å²) in [5, 5.41) is 16.5. The van der Waals surface area contributed by atoms with E-state index in [2.05, 4.69) is 12.6 Å². The molecule has 0 aromatic heterocycles. The van der Waals surface area contributed by atoms with Crippen LogP contribution in [0, 0.1) is 0 Å². The fraction of sp³-hybridized carbons (Fsp3) is 0.833. The minimum atomic E-state index is -1.03.